The highest BCUT2D eigenvalue weighted by Gasteiger charge is 2.18. The first-order chi connectivity index (χ1) is 15.6. The van der Waals surface area contributed by atoms with Crippen molar-refractivity contribution in [2.24, 2.45) is 0 Å². The molecule has 4 aromatic rings. The lowest BCUT2D eigenvalue weighted by Crippen LogP contribution is -2.15. The Hall–Kier alpha value is -3.85. The van der Waals surface area contributed by atoms with Gasteiger partial charge in [0.1, 0.15) is 0 Å². The van der Waals surface area contributed by atoms with Crippen LogP contribution in [0.2, 0.25) is 0 Å². The molecule has 0 spiro atoms. The van der Waals surface area contributed by atoms with Gasteiger partial charge in [0.05, 0.1) is 31.2 Å². The number of nitrogens with zero attached hydrogens (tertiary/aromatic N) is 3. The van der Waals surface area contributed by atoms with Gasteiger partial charge in [-0.15, -0.1) is 10.2 Å². The van der Waals surface area contributed by atoms with Crippen LogP contribution in [0.1, 0.15) is 15.9 Å². The van der Waals surface area contributed by atoms with E-state index in [4.69, 9.17) is 4.42 Å². The molecule has 0 aliphatic rings. The van der Waals surface area contributed by atoms with Crippen LogP contribution in [-0.4, -0.2) is 39.5 Å². The Bertz CT molecular complexity index is 1190. The first kappa shape index (κ1) is 21.4. The normalized spacial score (nSPS) is 10.7. The van der Waals surface area contributed by atoms with Gasteiger partial charge in [0, 0.05) is 5.69 Å². The van der Waals surface area contributed by atoms with Gasteiger partial charge in [-0.3, -0.25) is 9.36 Å². The molecule has 0 fully saturated rings. The maximum Gasteiger partial charge on any atom is 0.337 e. The number of hydrogen-bond acceptors (Lipinski definition) is 7. The number of carbonyl (C=O) groups is 2. The number of thioether (sulfide) groups is 1. The molecule has 2 heterocycles. The monoisotopic (exact) mass is 448 g/mol. The van der Waals surface area contributed by atoms with E-state index in [1.54, 1.807) is 36.6 Å². The molecule has 2 aromatic carbocycles. The van der Waals surface area contributed by atoms with E-state index in [0.29, 0.717) is 34.5 Å². The number of anilines is 1. The molecule has 1 amide bonds. The van der Waals surface area contributed by atoms with Crippen molar-refractivity contribution in [3.05, 3.63) is 84.1 Å². The van der Waals surface area contributed by atoms with Gasteiger partial charge in [-0.2, -0.15) is 0 Å². The third-order valence-corrected chi connectivity index (χ3v) is 5.53. The number of ether oxygens (including phenoxy) is 1. The van der Waals surface area contributed by atoms with E-state index in [9.17, 15) is 9.59 Å². The Morgan fingerprint density at radius 2 is 1.81 bits per heavy atom. The fraction of sp³-hybridized carbons (Fsp3) is 0.130. The molecular formula is C23H20N4O4S. The third-order valence-electron chi connectivity index (χ3n) is 4.56. The minimum absolute atomic E-state index is 0.143. The quantitative estimate of drug-likeness (QED) is 0.320. The number of rotatable bonds is 8. The van der Waals surface area contributed by atoms with Crippen LogP contribution in [0.25, 0.3) is 11.6 Å². The minimum atomic E-state index is -0.427. The standard InChI is InChI=1S/C23H20N4O4S/c1-30-22(29)17-9-11-18(12-10-17)24-20(28)15-32-23-26-25-21(19-8-5-13-31-19)27(23)14-16-6-3-2-4-7-16/h2-13H,14-15H2,1H3,(H,24,28). The molecule has 0 bridgehead atoms. The number of carbonyl (C=O) groups excluding carboxylic acids is 2. The molecule has 0 aliphatic carbocycles. The predicted octanol–water partition coefficient (Wildman–Crippen LogP) is 4.10. The Morgan fingerprint density at radius 1 is 1.03 bits per heavy atom. The largest absolute Gasteiger partial charge is 0.465 e. The molecule has 1 N–H and O–H groups in total. The maximum atomic E-state index is 12.5. The highest BCUT2D eigenvalue weighted by Crippen LogP contribution is 2.25. The van der Waals surface area contributed by atoms with Gasteiger partial charge in [-0.25, -0.2) is 4.79 Å². The number of methoxy groups -OCH3 is 1. The summed E-state index contributed by atoms with van der Waals surface area (Å²) in [4.78, 5) is 24.0. The molecule has 0 unspecified atom stereocenters. The summed E-state index contributed by atoms with van der Waals surface area (Å²) in [5, 5.41) is 12.0. The zero-order chi connectivity index (χ0) is 22.3. The molecule has 2 aromatic heterocycles. The number of nitrogens with one attached hydrogen (secondary N) is 1. The molecule has 0 saturated carbocycles. The van der Waals surface area contributed by atoms with Crippen molar-refractivity contribution in [2.45, 2.75) is 11.7 Å². The lowest BCUT2D eigenvalue weighted by molar-refractivity contribution is -0.113. The maximum absolute atomic E-state index is 12.5. The van der Waals surface area contributed by atoms with Gasteiger partial charge < -0.3 is 14.5 Å². The van der Waals surface area contributed by atoms with Crippen molar-refractivity contribution in [2.75, 3.05) is 18.2 Å². The summed E-state index contributed by atoms with van der Waals surface area (Å²) < 4.78 is 12.1. The third kappa shape index (κ3) is 5.06. The average molecular weight is 449 g/mol. The van der Waals surface area contributed by atoms with Gasteiger partial charge in [0.25, 0.3) is 0 Å². The van der Waals surface area contributed by atoms with Crippen molar-refractivity contribution >= 4 is 29.3 Å². The first-order valence-electron chi connectivity index (χ1n) is 9.76. The number of furan rings is 1. The number of benzene rings is 2. The van der Waals surface area contributed by atoms with Crippen molar-refractivity contribution in [1.29, 1.82) is 0 Å². The molecule has 0 radical (unpaired) electrons. The Balaban J connectivity index is 1.45. The Kier molecular flexibility index (Phi) is 6.66. The van der Waals surface area contributed by atoms with E-state index >= 15 is 0 Å². The second-order valence-electron chi connectivity index (χ2n) is 6.76. The first-order valence-corrected chi connectivity index (χ1v) is 10.7. The Labute approximate surface area is 188 Å². The summed E-state index contributed by atoms with van der Waals surface area (Å²) in [6, 6.07) is 20.1. The van der Waals surface area contributed by atoms with Crippen LogP contribution in [0.15, 0.2) is 82.6 Å². The summed E-state index contributed by atoms with van der Waals surface area (Å²) >= 11 is 1.28. The second kappa shape index (κ2) is 9.97. The SMILES string of the molecule is COC(=O)c1ccc(NC(=O)CSc2nnc(-c3ccco3)n2Cc2ccccc2)cc1. The molecular weight excluding hydrogens is 428 g/mol. The van der Waals surface area contributed by atoms with Crippen LogP contribution in [0.3, 0.4) is 0 Å². The number of esters is 1. The lowest BCUT2D eigenvalue weighted by Gasteiger charge is -2.10. The summed E-state index contributed by atoms with van der Waals surface area (Å²) in [6.07, 6.45) is 1.59. The second-order valence-corrected chi connectivity index (χ2v) is 7.70. The van der Waals surface area contributed by atoms with E-state index in [1.165, 1.54) is 18.9 Å². The number of aromatic nitrogens is 3. The predicted molar refractivity (Wildman–Crippen MR) is 120 cm³/mol. The van der Waals surface area contributed by atoms with Crippen LogP contribution in [0.4, 0.5) is 5.69 Å². The summed E-state index contributed by atoms with van der Waals surface area (Å²) in [6.45, 7) is 0.544. The Morgan fingerprint density at radius 3 is 2.50 bits per heavy atom. The van der Waals surface area contributed by atoms with Crippen molar-refractivity contribution < 1.29 is 18.7 Å². The molecule has 8 nitrogen and oxygen atoms in total. The van der Waals surface area contributed by atoms with Gasteiger partial charge in [-0.05, 0) is 42.0 Å². The molecule has 162 valence electrons. The van der Waals surface area contributed by atoms with E-state index in [-0.39, 0.29) is 11.7 Å². The zero-order valence-electron chi connectivity index (χ0n) is 17.2. The average Bonchev–Trinajstić information content (AvgIpc) is 3.48. The summed E-state index contributed by atoms with van der Waals surface area (Å²) in [7, 11) is 1.32. The number of amides is 1. The smallest absolute Gasteiger partial charge is 0.337 e. The van der Waals surface area contributed by atoms with Crippen LogP contribution >= 0.6 is 11.8 Å². The molecule has 4 rings (SSSR count). The van der Waals surface area contributed by atoms with Crippen LogP contribution in [0.5, 0.6) is 0 Å². The van der Waals surface area contributed by atoms with Crippen LogP contribution in [-0.2, 0) is 16.1 Å². The van der Waals surface area contributed by atoms with E-state index in [0.717, 1.165) is 5.56 Å². The van der Waals surface area contributed by atoms with E-state index in [1.807, 2.05) is 41.0 Å². The topological polar surface area (TPSA) is 99.2 Å². The van der Waals surface area contributed by atoms with Crippen molar-refractivity contribution in [3.8, 4) is 11.6 Å². The van der Waals surface area contributed by atoms with E-state index < -0.39 is 5.97 Å². The highest BCUT2D eigenvalue weighted by atomic mass is 32.2. The molecule has 0 saturated heterocycles. The van der Waals surface area contributed by atoms with Gasteiger partial charge in [-0.1, -0.05) is 42.1 Å². The van der Waals surface area contributed by atoms with Gasteiger partial charge in [0.2, 0.25) is 11.7 Å². The van der Waals surface area contributed by atoms with Crippen LogP contribution in [0, 0.1) is 0 Å². The van der Waals surface area contributed by atoms with Crippen LogP contribution < -0.4 is 5.32 Å². The van der Waals surface area contributed by atoms with Gasteiger partial charge in [0.15, 0.2) is 10.9 Å². The summed E-state index contributed by atoms with van der Waals surface area (Å²) in [5.41, 5.74) is 2.08. The molecule has 32 heavy (non-hydrogen) atoms. The lowest BCUT2D eigenvalue weighted by atomic mass is 10.2. The van der Waals surface area contributed by atoms with E-state index in [2.05, 4.69) is 20.3 Å². The number of hydrogen-bond donors (Lipinski definition) is 1. The van der Waals surface area contributed by atoms with Gasteiger partial charge >= 0.3 is 5.97 Å². The minimum Gasteiger partial charge on any atom is -0.465 e. The summed E-state index contributed by atoms with van der Waals surface area (Å²) in [5.74, 6) is 0.720. The zero-order valence-corrected chi connectivity index (χ0v) is 18.0. The molecule has 0 aliphatic heterocycles. The molecule has 9 heteroatoms. The fourth-order valence-electron chi connectivity index (χ4n) is 3.03. The molecule has 0 atom stereocenters. The highest BCUT2D eigenvalue weighted by molar-refractivity contribution is 7.99. The van der Waals surface area contributed by atoms with Crippen molar-refractivity contribution in [3.63, 3.8) is 0 Å². The van der Waals surface area contributed by atoms with Crippen molar-refractivity contribution in [1.82, 2.24) is 14.8 Å². The fourth-order valence-corrected chi connectivity index (χ4v) is 3.76.